The second-order valence-electron chi connectivity index (χ2n) is 6.33. The minimum Gasteiger partial charge on any atom is -0.464 e. The third-order valence-electron chi connectivity index (χ3n) is 4.71. The van der Waals surface area contributed by atoms with Gasteiger partial charge in [0.05, 0.1) is 16.6 Å². The van der Waals surface area contributed by atoms with Crippen molar-refractivity contribution in [2.24, 2.45) is 5.10 Å². The van der Waals surface area contributed by atoms with Gasteiger partial charge in [-0.3, -0.25) is 0 Å². The molecule has 2 aromatic carbocycles. The van der Waals surface area contributed by atoms with Crippen LogP contribution in [0.1, 0.15) is 34.7 Å². The van der Waals surface area contributed by atoms with E-state index in [-0.39, 0.29) is 11.9 Å². The van der Waals surface area contributed by atoms with Crippen LogP contribution in [0, 0.1) is 5.82 Å². The van der Waals surface area contributed by atoms with Gasteiger partial charge in [-0.1, -0.05) is 29.8 Å². The summed E-state index contributed by atoms with van der Waals surface area (Å²) in [6, 6.07) is 16.2. The number of thiophene rings is 1. The van der Waals surface area contributed by atoms with Gasteiger partial charge >= 0.3 is 0 Å². The molecular weight excluding hydrogens is 371 g/mol. The Labute approximate surface area is 159 Å². The number of hydrogen-bond donors (Lipinski definition) is 0. The molecule has 130 valence electrons. The van der Waals surface area contributed by atoms with Gasteiger partial charge < -0.3 is 4.74 Å². The zero-order valence-corrected chi connectivity index (χ0v) is 15.2. The summed E-state index contributed by atoms with van der Waals surface area (Å²) in [6.07, 6.45) is 0.390. The predicted molar refractivity (Wildman–Crippen MR) is 101 cm³/mol. The standard InChI is InChI=1S/C20H14ClFN2OS/c21-13-5-8-18-15(10-13)17-11-16(19-2-1-9-26-19)23-24(17)20(25-18)12-3-6-14(22)7-4-12/h1-10,17,20H,11H2. The summed E-state index contributed by atoms with van der Waals surface area (Å²) in [6.45, 7) is 0. The van der Waals surface area contributed by atoms with E-state index < -0.39 is 6.23 Å². The number of hydrogen-bond acceptors (Lipinski definition) is 4. The van der Waals surface area contributed by atoms with Crippen molar-refractivity contribution < 1.29 is 9.13 Å². The fraction of sp³-hybridized carbons (Fsp3) is 0.150. The van der Waals surface area contributed by atoms with Gasteiger partial charge in [0.25, 0.3) is 0 Å². The number of benzene rings is 2. The SMILES string of the molecule is Fc1ccc(C2Oc3ccc(Cl)cc3C3CC(c4cccs4)=NN32)cc1. The van der Waals surface area contributed by atoms with E-state index in [1.54, 1.807) is 23.5 Å². The molecule has 5 rings (SSSR count). The van der Waals surface area contributed by atoms with Crippen LogP contribution in [-0.4, -0.2) is 10.7 Å². The van der Waals surface area contributed by atoms with E-state index >= 15 is 0 Å². The molecule has 3 aromatic rings. The van der Waals surface area contributed by atoms with Crippen LogP contribution in [0.15, 0.2) is 65.1 Å². The Morgan fingerprint density at radius 1 is 1.15 bits per heavy atom. The molecule has 0 spiro atoms. The number of nitrogens with zero attached hydrogens (tertiary/aromatic N) is 2. The molecule has 3 heterocycles. The van der Waals surface area contributed by atoms with Gasteiger partial charge in [-0.05, 0) is 41.8 Å². The van der Waals surface area contributed by atoms with Gasteiger partial charge in [0.1, 0.15) is 11.6 Å². The number of hydrazone groups is 1. The van der Waals surface area contributed by atoms with E-state index in [1.165, 1.54) is 12.1 Å². The molecule has 2 aliphatic heterocycles. The van der Waals surface area contributed by atoms with E-state index in [0.29, 0.717) is 5.02 Å². The van der Waals surface area contributed by atoms with Crippen LogP contribution < -0.4 is 4.74 Å². The lowest BCUT2D eigenvalue weighted by atomic mass is 9.97. The highest BCUT2D eigenvalue weighted by Gasteiger charge is 2.41. The Bertz CT molecular complexity index is 988. The molecule has 2 unspecified atom stereocenters. The molecule has 0 saturated heterocycles. The molecule has 0 saturated carbocycles. The lowest BCUT2D eigenvalue weighted by Gasteiger charge is -2.38. The number of halogens is 2. The molecule has 0 aliphatic carbocycles. The average molecular weight is 385 g/mol. The van der Waals surface area contributed by atoms with E-state index in [1.807, 2.05) is 34.7 Å². The van der Waals surface area contributed by atoms with Crippen molar-refractivity contribution >= 4 is 28.6 Å². The number of fused-ring (bicyclic) bond motifs is 3. The summed E-state index contributed by atoms with van der Waals surface area (Å²) in [4.78, 5) is 1.15. The van der Waals surface area contributed by atoms with Gasteiger partial charge in [0, 0.05) is 22.6 Å². The highest BCUT2D eigenvalue weighted by Crippen LogP contribution is 2.48. The van der Waals surface area contributed by atoms with Crippen LogP contribution in [0.2, 0.25) is 5.02 Å². The summed E-state index contributed by atoms with van der Waals surface area (Å²) in [7, 11) is 0. The molecule has 2 atom stereocenters. The molecule has 3 nitrogen and oxygen atoms in total. The van der Waals surface area contributed by atoms with Crippen molar-refractivity contribution in [3.63, 3.8) is 0 Å². The predicted octanol–water partition coefficient (Wildman–Crippen LogP) is 5.78. The highest BCUT2D eigenvalue weighted by molar-refractivity contribution is 7.12. The smallest absolute Gasteiger partial charge is 0.213 e. The minimum atomic E-state index is -0.397. The van der Waals surface area contributed by atoms with Crippen molar-refractivity contribution in [1.29, 1.82) is 0 Å². The van der Waals surface area contributed by atoms with Gasteiger partial charge in [-0.25, -0.2) is 9.40 Å². The molecule has 26 heavy (non-hydrogen) atoms. The van der Waals surface area contributed by atoms with Crippen LogP contribution >= 0.6 is 22.9 Å². The van der Waals surface area contributed by atoms with Crippen LogP contribution in [0.5, 0.6) is 5.75 Å². The Hall–Kier alpha value is -2.37. The van der Waals surface area contributed by atoms with Crippen molar-refractivity contribution in [3.8, 4) is 5.75 Å². The fourth-order valence-corrected chi connectivity index (χ4v) is 4.40. The first-order valence-corrected chi connectivity index (χ1v) is 9.56. The van der Waals surface area contributed by atoms with Gasteiger partial charge in [-0.2, -0.15) is 5.10 Å². The van der Waals surface area contributed by atoms with E-state index in [4.69, 9.17) is 21.4 Å². The monoisotopic (exact) mass is 384 g/mol. The van der Waals surface area contributed by atoms with Crippen LogP contribution in [0.3, 0.4) is 0 Å². The molecule has 6 heteroatoms. The Balaban J connectivity index is 1.61. The zero-order chi connectivity index (χ0) is 17.7. The highest BCUT2D eigenvalue weighted by atomic mass is 35.5. The van der Waals surface area contributed by atoms with Crippen molar-refractivity contribution in [3.05, 3.63) is 86.8 Å². The molecule has 1 aromatic heterocycles. The third kappa shape index (κ3) is 2.59. The maximum Gasteiger partial charge on any atom is 0.213 e. The van der Waals surface area contributed by atoms with E-state index in [9.17, 15) is 4.39 Å². The van der Waals surface area contributed by atoms with E-state index in [0.717, 1.165) is 33.9 Å². The molecule has 2 aliphatic rings. The van der Waals surface area contributed by atoms with Crippen LogP contribution in [-0.2, 0) is 0 Å². The van der Waals surface area contributed by atoms with Crippen molar-refractivity contribution in [1.82, 2.24) is 5.01 Å². The minimum absolute atomic E-state index is 0.0459. The second kappa shape index (κ2) is 6.11. The molecule has 0 amide bonds. The number of ether oxygens (including phenoxy) is 1. The molecule has 0 N–H and O–H groups in total. The topological polar surface area (TPSA) is 24.8 Å². The van der Waals surface area contributed by atoms with Crippen molar-refractivity contribution in [2.75, 3.05) is 0 Å². The summed E-state index contributed by atoms with van der Waals surface area (Å²) < 4.78 is 19.6. The van der Waals surface area contributed by atoms with Crippen molar-refractivity contribution in [2.45, 2.75) is 18.7 Å². The second-order valence-corrected chi connectivity index (χ2v) is 7.71. The molecular formula is C20H14ClFN2OS. The first kappa shape index (κ1) is 15.9. The Morgan fingerprint density at radius 3 is 2.77 bits per heavy atom. The first-order valence-electron chi connectivity index (χ1n) is 8.30. The molecule has 0 radical (unpaired) electrons. The zero-order valence-electron chi connectivity index (χ0n) is 13.6. The molecule has 0 bridgehead atoms. The maximum atomic E-state index is 13.4. The summed E-state index contributed by atoms with van der Waals surface area (Å²) >= 11 is 7.90. The first-order chi connectivity index (χ1) is 12.7. The summed E-state index contributed by atoms with van der Waals surface area (Å²) in [5.74, 6) is 0.532. The van der Waals surface area contributed by atoms with Gasteiger partial charge in [-0.15, -0.1) is 11.3 Å². The third-order valence-corrected chi connectivity index (χ3v) is 5.87. The lowest BCUT2D eigenvalue weighted by molar-refractivity contribution is -0.0190. The van der Waals surface area contributed by atoms with Crippen LogP contribution in [0.25, 0.3) is 0 Å². The quantitative estimate of drug-likeness (QED) is 0.559. The van der Waals surface area contributed by atoms with Gasteiger partial charge in [0.15, 0.2) is 0 Å². The largest absolute Gasteiger partial charge is 0.464 e. The number of rotatable bonds is 2. The maximum absolute atomic E-state index is 13.4. The van der Waals surface area contributed by atoms with E-state index in [2.05, 4.69) is 6.07 Å². The normalized spacial score (nSPS) is 21.0. The fourth-order valence-electron chi connectivity index (χ4n) is 3.50. The van der Waals surface area contributed by atoms with Crippen LogP contribution in [0.4, 0.5) is 4.39 Å². The van der Waals surface area contributed by atoms with Gasteiger partial charge in [0.2, 0.25) is 6.23 Å². The lowest BCUT2D eigenvalue weighted by Crippen LogP contribution is -2.33. The Kier molecular flexibility index (Phi) is 3.72. The summed E-state index contributed by atoms with van der Waals surface area (Å²) in [5, 5.41) is 9.56. The molecule has 0 fully saturated rings. The average Bonchev–Trinajstić information content (AvgIpc) is 3.32. The summed E-state index contributed by atoms with van der Waals surface area (Å²) in [5.41, 5.74) is 2.94. The Morgan fingerprint density at radius 2 is 2.00 bits per heavy atom.